The van der Waals surface area contributed by atoms with E-state index in [2.05, 4.69) is 9.71 Å². The molecule has 3 aliphatic heterocycles. The van der Waals surface area contributed by atoms with Crippen LogP contribution in [0.25, 0.3) is 0 Å². The summed E-state index contributed by atoms with van der Waals surface area (Å²) in [6.07, 6.45) is -1.00. The summed E-state index contributed by atoms with van der Waals surface area (Å²) >= 11 is 0. The summed E-state index contributed by atoms with van der Waals surface area (Å²) in [5.41, 5.74) is -0.378. The van der Waals surface area contributed by atoms with Gasteiger partial charge in [0.05, 0.1) is 38.2 Å². The Labute approximate surface area is 208 Å². The van der Waals surface area contributed by atoms with Gasteiger partial charge in [0.1, 0.15) is 5.56 Å². The number of alkyl halides is 3. The van der Waals surface area contributed by atoms with E-state index in [-0.39, 0.29) is 44.3 Å². The Morgan fingerprint density at radius 1 is 1.11 bits per heavy atom. The van der Waals surface area contributed by atoms with Crippen molar-refractivity contribution in [3.8, 4) is 5.88 Å². The van der Waals surface area contributed by atoms with Crippen molar-refractivity contribution in [1.82, 2.24) is 14.6 Å². The lowest BCUT2D eigenvalue weighted by molar-refractivity contribution is -0.139. The number of rotatable bonds is 2. The Morgan fingerprint density at radius 3 is 2.47 bits per heavy atom. The normalized spacial score (nSPS) is 30.3. The number of sulfonamides is 1. The van der Waals surface area contributed by atoms with Crippen LogP contribution in [0.4, 0.5) is 18.0 Å². The molecule has 0 spiro atoms. The van der Waals surface area contributed by atoms with E-state index in [1.54, 1.807) is 0 Å². The lowest BCUT2D eigenvalue weighted by Gasteiger charge is -2.33. The zero-order chi connectivity index (χ0) is 26.1. The van der Waals surface area contributed by atoms with Gasteiger partial charge in [0.15, 0.2) is 0 Å². The first-order valence-corrected chi connectivity index (χ1v) is 14.1. The molecular formula is C23H32F3N3O6S. The molecule has 1 aromatic rings. The van der Waals surface area contributed by atoms with Gasteiger partial charge in [-0.3, -0.25) is 4.90 Å². The number of nitrogens with zero attached hydrogens (tertiary/aromatic N) is 2. The molecule has 1 saturated heterocycles. The van der Waals surface area contributed by atoms with Gasteiger partial charge in [0.2, 0.25) is 15.9 Å². The largest absolute Gasteiger partial charge is 0.477 e. The minimum absolute atomic E-state index is 0.0160. The Morgan fingerprint density at radius 2 is 1.81 bits per heavy atom. The number of fused-ring (bicyclic) bond motifs is 8. The molecule has 1 aromatic heterocycles. The van der Waals surface area contributed by atoms with Crippen LogP contribution in [0.2, 0.25) is 0 Å². The van der Waals surface area contributed by atoms with Crippen molar-refractivity contribution in [1.29, 1.82) is 0 Å². The van der Waals surface area contributed by atoms with Crippen LogP contribution in [0.5, 0.6) is 5.88 Å². The second kappa shape index (κ2) is 10.7. The van der Waals surface area contributed by atoms with E-state index in [0.717, 1.165) is 12.3 Å². The van der Waals surface area contributed by atoms with Crippen LogP contribution in [-0.4, -0.2) is 74.7 Å². The molecule has 202 valence electrons. The predicted molar refractivity (Wildman–Crippen MR) is 123 cm³/mol. The van der Waals surface area contributed by atoms with Crippen molar-refractivity contribution in [3.63, 3.8) is 0 Å². The number of carbonyl (C=O) groups excluding carboxylic acids is 1. The average Bonchev–Trinajstić information content (AvgIpc) is 3.09. The number of hydrogen-bond donors (Lipinski definition) is 1. The predicted octanol–water partition coefficient (Wildman–Crippen LogP) is 3.44. The Bertz CT molecular complexity index is 1050. The van der Waals surface area contributed by atoms with E-state index in [1.165, 1.54) is 11.0 Å². The molecule has 36 heavy (non-hydrogen) atoms. The topological polar surface area (TPSA) is 107 Å². The summed E-state index contributed by atoms with van der Waals surface area (Å²) in [5.74, 6) is -0.477. The number of ether oxygens (including phenoxy) is 3. The number of amides is 1. The van der Waals surface area contributed by atoms with Gasteiger partial charge in [-0.2, -0.15) is 13.2 Å². The first-order valence-electron chi connectivity index (χ1n) is 12.2. The summed E-state index contributed by atoms with van der Waals surface area (Å²) in [5, 5.41) is 0. The molecule has 1 aliphatic carbocycles. The van der Waals surface area contributed by atoms with Crippen LogP contribution in [0.3, 0.4) is 0 Å². The SMILES string of the molecule is C[C@@H]1C[C@H](NS(C)(=O)=O)C2COC3CCC(CC3)c3ccc(C(F)(F)F)c(n3)OCCCOC(=O)N21. The van der Waals surface area contributed by atoms with E-state index < -0.39 is 45.8 Å². The average molecular weight is 536 g/mol. The maximum Gasteiger partial charge on any atom is 0.421 e. The molecule has 0 radical (unpaired) electrons. The van der Waals surface area contributed by atoms with E-state index >= 15 is 0 Å². The second-order valence-corrected chi connectivity index (χ2v) is 11.5. The van der Waals surface area contributed by atoms with Gasteiger partial charge >= 0.3 is 12.3 Å². The van der Waals surface area contributed by atoms with Gasteiger partial charge in [-0.1, -0.05) is 0 Å². The van der Waals surface area contributed by atoms with Crippen molar-refractivity contribution < 1.29 is 40.6 Å². The summed E-state index contributed by atoms with van der Waals surface area (Å²) in [7, 11) is -3.51. The van der Waals surface area contributed by atoms with Gasteiger partial charge in [-0.05, 0) is 51.2 Å². The van der Waals surface area contributed by atoms with Crippen LogP contribution < -0.4 is 9.46 Å². The minimum atomic E-state index is -4.60. The zero-order valence-corrected chi connectivity index (χ0v) is 21.1. The fraction of sp³-hybridized carbons (Fsp3) is 0.739. The van der Waals surface area contributed by atoms with Gasteiger partial charge < -0.3 is 14.2 Å². The van der Waals surface area contributed by atoms with Crippen molar-refractivity contribution in [3.05, 3.63) is 23.4 Å². The molecule has 4 bridgehead atoms. The highest BCUT2D eigenvalue weighted by atomic mass is 32.2. The molecule has 5 rings (SSSR count). The van der Waals surface area contributed by atoms with Crippen LogP contribution in [0.1, 0.15) is 62.6 Å². The van der Waals surface area contributed by atoms with E-state index in [1.807, 2.05) is 6.92 Å². The number of halogens is 3. The third kappa shape index (κ3) is 6.41. The fourth-order valence-electron chi connectivity index (χ4n) is 5.30. The number of hydrogen-bond acceptors (Lipinski definition) is 7. The Hall–Kier alpha value is -2.12. The van der Waals surface area contributed by atoms with E-state index in [9.17, 15) is 26.4 Å². The molecule has 1 unspecified atom stereocenters. The van der Waals surface area contributed by atoms with Crippen LogP contribution in [-0.2, 0) is 25.7 Å². The highest BCUT2D eigenvalue weighted by Crippen LogP contribution is 2.39. The monoisotopic (exact) mass is 535 g/mol. The summed E-state index contributed by atoms with van der Waals surface area (Å²) in [6.45, 7) is 1.77. The smallest absolute Gasteiger partial charge is 0.421 e. The second-order valence-electron chi connectivity index (χ2n) is 9.77. The van der Waals surface area contributed by atoms with Crippen molar-refractivity contribution in [2.75, 3.05) is 26.1 Å². The quantitative estimate of drug-likeness (QED) is 0.618. The van der Waals surface area contributed by atoms with Crippen molar-refractivity contribution in [2.45, 2.75) is 81.8 Å². The molecule has 1 saturated carbocycles. The number of aromatic nitrogens is 1. The molecular weight excluding hydrogens is 503 g/mol. The van der Waals surface area contributed by atoms with Crippen molar-refractivity contribution in [2.24, 2.45) is 0 Å². The first kappa shape index (κ1) is 26.9. The van der Waals surface area contributed by atoms with Gasteiger partial charge in [0.25, 0.3) is 0 Å². The Kier molecular flexibility index (Phi) is 8.01. The Balaban J connectivity index is 1.55. The van der Waals surface area contributed by atoms with E-state index in [0.29, 0.717) is 37.8 Å². The minimum Gasteiger partial charge on any atom is -0.477 e. The van der Waals surface area contributed by atoms with Gasteiger partial charge in [-0.25, -0.2) is 22.9 Å². The molecule has 9 nitrogen and oxygen atoms in total. The summed E-state index contributed by atoms with van der Waals surface area (Å²) < 4.78 is 83.9. The number of carbonyl (C=O) groups is 1. The molecule has 13 heteroatoms. The maximum atomic E-state index is 13.5. The first-order chi connectivity index (χ1) is 16.9. The highest BCUT2D eigenvalue weighted by Gasteiger charge is 2.44. The van der Waals surface area contributed by atoms with E-state index in [4.69, 9.17) is 14.2 Å². The molecule has 1 N–H and O–H groups in total. The lowest BCUT2D eigenvalue weighted by Crippen LogP contribution is -2.50. The number of nitrogens with one attached hydrogen (secondary N) is 1. The van der Waals surface area contributed by atoms with Gasteiger partial charge in [-0.15, -0.1) is 0 Å². The zero-order valence-electron chi connectivity index (χ0n) is 20.3. The summed E-state index contributed by atoms with van der Waals surface area (Å²) in [4.78, 5) is 18.6. The third-order valence-corrected chi connectivity index (χ3v) is 7.73. The molecule has 4 aliphatic rings. The molecule has 0 aromatic carbocycles. The molecule has 4 heterocycles. The fourth-order valence-corrected chi connectivity index (χ4v) is 6.11. The van der Waals surface area contributed by atoms with Crippen LogP contribution in [0, 0.1) is 0 Å². The number of pyridine rings is 1. The van der Waals surface area contributed by atoms with Crippen LogP contribution >= 0.6 is 0 Å². The third-order valence-electron chi connectivity index (χ3n) is 7.00. The van der Waals surface area contributed by atoms with Gasteiger partial charge in [0, 0.05) is 30.1 Å². The lowest BCUT2D eigenvalue weighted by atomic mass is 9.85. The molecule has 3 atom stereocenters. The molecule has 1 amide bonds. The summed E-state index contributed by atoms with van der Waals surface area (Å²) in [6, 6.07) is 1.07. The highest BCUT2D eigenvalue weighted by molar-refractivity contribution is 7.88. The maximum absolute atomic E-state index is 13.5. The standard InChI is InChI=1S/C23H32F3N3O6S/c1-14-12-19(28-36(2,31)32)20-13-35-16-6-4-15(5-7-16)18-9-8-17(23(24,25)26)21(27-18)33-10-3-11-34-22(30)29(14)20/h8-9,14-16,19-20,28H,3-7,10-13H2,1-2H3/t14-,15?,16?,19+,20?/m1/s1. The molecule has 2 fully saturated rings. The van der Waals surface area contributed by atoms with Crippen molar-refractivity contribution >= 4 is 16.1 Å². The van der Waals surface area contributed by atoms with Crippen LogP contribution in [0.15, 0.2) is 12.1 Å².